The molecule has 0 bridgehead atoms. The van der Waals surface area contributed by atoms with E-state index in [4.69, 9.17) is 0 Å². The molecule has 9 nitrogen and oxygen atoms in total. The monoisotopic (exact) mass is 349 g/mol. The number of phenolic OH excluding ortho intramolecular Hbond substituents is 1. The van der Waals surface area contributed by atoms with Crippen molar-refractivity contribution >= 4 is 40.9 Å². The minimum absolute atomic E-state index is 0.0482. The molecule has 0 radical (unpaired) electrons. The highest BCUT2D eigenvalue weighted by atomic mass is 32.2. The highest BCUT2D eigenvalue weighted by Crippen LogP contribution is 2.22. The number of hydrogen-bond acceptors (Lipinski definition) is 8. The molecule has 1 atom stereocenters. The summed E-state index contributed by atoms with van der Waals surface area (Å²) >= 11 is 1.01. The molecule has 0 saturated carbocycles. The molecular weight excluding hydrogens is 336 g/mol. The minimum atomic E-state index is -1.41. The average molecular weight is 349 g/mol. The number of thioether (sulfide) groups is 1. The van der Waals surface area contributed by atoms with Gasteiger partial charge in [-0.1, -0.05) is 23.9 Å². The van der Waals surface area contributed by atoms with Crippen molar-refractivity contribution < 1.29 is 24.6 Å². The third-order valence-corrected chi connectivity index (χ3v) is 3.93. The van der Waals surface area contributed by atoms with Crippen molar-refractivity contribution in [3.63, 3.8) is 0 Å². The SMILES string of the molecule is O=C([O-])CNC(=O)C[C@H]1S/C(=N\N=C\c2ccccc2O)NC1=O. The number of carbonyl (C=O) groups excluding carboxylic acids is 3. The van der Waals surface area contributed by atoms with Gasteiger partial charge in [0.25, 0.3) is 0 Å². The topological polar surface area (TPSA) is 143 Å². The van der Waals surface area contributed by atoms with E-state index in [2.05, 4.69) is 20.8 Å². The fourth-order valence-electron chi connectivity index (χ4n) is 1.74. The van der Waals surface area contributed by atoms with Crippen molar-refractivity contribution in [2.75, 3.05) is 6.54 Å². The molecule has 2 rings (SSSR count). The van der Waals surface area contributed by atoms with Crippen LogP contribution in [0.25, 0.3) is 0 Å². The van der Waals surface area contributed by atoms with Crippen LogP contribution in [0.3, 0.4) is 0 Å². The van der Waals surface area contributed by atoms with Crippen molar-refractivity contribution in [1.82, 2.24) is 10.6 Å². The molecule has 0 aliphatic carbocycles. The van der Waals surface area contributed by atoms with Crippen molar-refractivity contribution in [1.29, 1.82) is 0 Å². The molecule has 1 saturated heterocycles. The number of amidine groups is 1. The summed E-state index contributed by atoms with van der Waals surface area (Å²) in [6.45, 7) is -0.607. The number of nitrogens with zero attached hydrogens (tertiary/aromatic N) is 2. The van der Waals surface area contributed by atoms with Crippen molar-refractivity contribution in [2.45, 2.75) is 11.7 Å². The fourth-order valence-corrected chi connectivity index (χ4v) is 2.66. The zero-order valence-corrected chi connectivity index (χ0v) is 13.1. The highest BCUT2D eigenvalue weighted by molar-refractivity contribution is 8.15. The predicted molar refractivity (Wildman–Crippen MR) is 85.3 cm³/mol. The van der Waals surface area contributed by atoms with Gasteiger partial charge in [-0.25, -0.2) is 0 Å². The van der Waals surface area contributed by atoms with Crippen LogP contribution in [0.2, 0.25) is 0 Å². The van der Waals surface area contributed by atoms with E-state index in [0.29, 0.717) is 5.56 Å². The standard InChI is InChI=1S/C14H14N4O5S/c19-9-4-2-1-3-8(9)6-16-18-14-17-13(23)10(24-14)5-11(20)15-7-12(21)22/h1-4,6,10,19H,5,7H2,(H,15,20)(H,21,22)(H,17,18,23)/p-1/b16-6+/t10-/m1/s1. The molecule has 0 aromatic heterocycles. The van der Waals surface area contributed by atoms with Crippen LogP contribution in [0, 0.1) is 0 Å². The first kappa shape index (κ1) is 17.5. The zero-order chi connectivity index (χ0) is 17.5. The Kier molecular flexibility index (Phi) is 5.90. The van der Waals surface area contributed by atoms with E-state index in [1.165, 1.54) is 12.3 Å². The molecule has 24 heavy (non-hydrogen) atoms. The summed E-state index contributed by atoms with van der Waals surface area (Å²) in [7, 11) is 0. The molecular formula is C14H13N4O5S-. The molecule has 0 spiro atoms. The number of phenols is 1. The van der Waals surface area contributed by atoms with Crippen LogP contribution >= 0.6 is 11.8 Å². The van der Waals surface area contributed by atoms with Crippen LogP contribution in [0.5, 0.6) is 5.75 Å². The molecule has 126 valence electrons. The molecule has 1 aromatic carbocycles. The summed E-state index contributed by atoms with van der Waals surface area (Å²) in [5.41, 5.74) is 0.467. The number of para-hydroxylation sites is 1. The smallest absolute Gasteiger partial charge is 0.240 e. The summed E-state index contributed by atoms with van der Waals surface area (Å²) in [5, 5.41) is 31.5. The van der Waals surface area contributed by atoms with Crippen molar-refractivity contribution in [3.8, 4) is 5.75 Å². The maximum absolute atomic E-state index is 11.7. The molecule has 1 aromatic rings. The quantitative estimate of drug-likeness (QED) is 0.424. The van der Waals surface area contributed by atoms with E-state index < -0.39 is 29.6 Å². The molecule has 0 unspecified atom stereocenters. The van der Waals surface area contributed by atoms with E-state index >= 15 is 0 Å². The van der Waals surface area contributed by atoms with Gasteiger partial charge in [0.05, 0.1) is 18.7 Å². The Morgan fingerprint density at radius 3 is 2.88 bits per heavy atom. The van der Waals surface area contributed by atoms with Gasteiger partial charge in [0.2, 0.25) is 11.8 Å². The van der Waals surface area contributed by atoms with Gasteiger partial charge < -0.3 is 25.6 Å². The average Bonchev–Trinajstić information content (AvgIpc) is 2.87. The largest absolute Gasteiger partial charge is 0.548 e. The molecule has 1 heterocycles. The van der Waals surface area contributed by atoms with Gasteiger partial charge in [-0.3, -0.25) is 9.59 Å². The maximum atomic E-state index is 11.7. The first-order valence-corrected chi connectivity index (χ1v) is 7.66. The number of aromatic hydroxyl groups is 1. The molecule has 1 fully saturated rings. The summed E-state index contributed by atoms with van der Waals surface area (Å²) in [5.74, 6) is -2.36. The second-order valence-electron chi connectivity index (χ2n) is 4.66. The number of benzene rings is 1. The number of carboxylic acid groups (broad SMARTS) is 1. The second-order valence-corrected chi connectivity index (χ2v) is 5.85. The lowest BCUT2D eigenvalue weighted by molar-refractivity contribution is -0.304. The molecule has 1 aliphatic rings. The Balaban J connectivity index is 1.90. The number of carbonyl (C=O) groups is 3. The Bertz CT molecular complexity index is 719. The van der Waals surface area contributed by atoms with Gasteiger partial charge in [0.1, 0.15) is 11.0 Å². The Labute approximate surface area is 140 Å². The van der Waals surface area contributed by atoms with Gasteiger partial charge in [0, 0.05) is 12.0 Å². The number of hydrogen-bond donors (Lipinski definition) is 3. The summed E-state index contributed by atoms with van der Waals surface area (Å²) in [6.07, 6.45) is 1.14. The van der Waals surface area contributed by atoms with E-state index in [1.807, 2.05) is 0 Å². The first-order chi connectivity index (χ1) is 11.5. The van der Waals surface area contributed by atoms with Crippen LogP contribution in [-0.4, -0.2) is 46.1 Å². The zero-order valence-electron chi connectivity index (χ0n) is 12.3. The predicted octanol–water partition coefficient (Wildman–Crippen LogP) is -1.43. The fraction of sp³-hybridized carbons (Fsp3) is 0.214. The summed E-state index contributed by atoms with van der Waals surface area (Å²) < 4.78 is 0. The first-order valence-electron chi connectivity index (χ1n) is 6.79. The van der Waals surface area contributed by atoms with Gasteiger partial charge in [-0.05, 0) is 12.1 Å². The number of rotatable bonds is 6. The van der Waals surface area contributed by atoms with Gasteiger partial charge in [0.15, 0.2) is 5.17 Å². The summed E-state index contributed by atoms with van der Waals surface area (Å²) in [6, 6.07) is 6.54. The maximum Gasteiger partial charge on any atom is 0.240 e. The number of aliphatic carboxylic acids is 1. The lowest BCUT2D eigenvalue weighted by Crippen LogP contribution is -2.39. The van der Waals surface area contributed by atoms with Crippen molar-refractivity contribution in [3.05, 3.63) is 29.8 Å². The van der Waals surface area contributed by atoms with Crippen LogP contribution in [0.4, 0.5) is 0 Å². The van der Waals surface area contributed by atoms with Crippen molar-refractivity contribution in [2.24, 2.45) is 10.2 Å². The van der Waals surface area contributed by atoms with Crippen LogP contribution in [0.1, 0.15) is 12.0 Å². The number of carboxylic acids is 1. The normalized spacial score (nSPS) is 18.8. The Morgan fingerprint density at radius 2 is 2.17 bits per heavy atom. The van der Waals surface area contributed by atoms with Gasteiger partial charge in [-0.15, -0.1) is 5.10 Å². The van der Waals surface area contributed by atoms with Crippen LogP contribution in [0.15, 0.2) is 34.5 Å². The number of nitrogens with one attached hydrogen (secondary N) is 2. The lowest BCUT2D eigenvalue weighted by atomic mass is 10.2. The van der Waals surface area contributed by atoms with Crippen LogP contribution in [-0.2, 0) is 14.4 Å². The molecule has 10 heteroatoms. The lowest BCUT2D eigenvalue weighted by Gasteiger charge is -2.07. The van der Waals surface area contributed by atoms with E-state index in [1.54, 1.807) is 18.2 Å². The van der Waals surface area contributed by atoms with Gasteiger partial charge >= 0.3 is 0 Å². The van der Waals surface area contributed by atoms with E-state index in [9.17, 15) is 24.6 Å². The van der Waals surface area contributed by atoms with E-state index in [-0.39, 0.29) is 17.3 Å². The number of amides is 2. The molecule has 3 N–H and O–H groups in total. The van der Waals surface area contributed by atoms with Crippen LogP contribution < -0.4 is 15.7 Å². The second kappa shape index (κ2) is 8.11. The third kappa shape index (κ3) is 5.09. The van der Waals surface area contributed by atoms with Gasteiger partial charge in [-0.2, -0.15) is 5.10 Å². The highest BCUT2D eigenvalue weighted by Gasteiger charge is 2.32. The molecule has 2 amide bonds. The Morgan fingerprint density at radius 1 is 1.42 bits per heavy atom. The minimum Gasteiger partial charge on any atom is -0.548 e. The Hall–Kier alpha value is -2.88. The van der Waals surface area contributed by atoms with E-state index in [0.717, 1.165) is 11.8 Å². The summed E-state index contributed by atoms with van der Waals surface area (Å²) in [4.78, 5) is 33.5. The third-order valence-electron chi connectivity index (χ3n) is 2.86. The molecule has 1 aliphatic heterocycles.